The minimum Gasteiger partial charge on any atom is -0.343 e. The molecule has 490 valence electrons. The van der Waals surface area contributed by atoms with Crippen LogP contribution in [0.3, 0.4) is 0 Å². The van der Waals surface area contributed by atoms with Crippen molar-refractivity contribution in [2.75, 3.05) is 146 Å². The van der Waals surface area contributed by atoms with E-state index in [1.165, 1.54) is 38.5 Å². The Bertz CT molecular complexity index is 1630. The molecule has 0 aromatic rings. The van der Waals surface area contributed by atoms with Crippen LogP contribution in [0.2, 0.25) is 0 Å². The molecule has 0 saturated carbocycles. The van der Waals surface area contributed by atoms with E-state index in [2.05, 4.69) is 145 Å². The lowest BCUT2D eigenvalue weighted by Crippen LogP contribution is -2.50. The number of piperidine rings is 3. The van der Waals surface area contributed by atoms with Crippen molar-refractivity contribution < 1.29 is 28.8 Å². The van der Waals surface area contributed by atoms with E-state index in [-0.39, 0.29) is 20.8 Å². The first-order valence-electron chi connectivity index (χ1n) is 32.5. The van der Waals surface area contributed by atoms with Gasteiger partial charge in [0, 0.05) is 168 Å². The number of carbonyl (C=O) groups is 6. The molecule has 83 heavy (non-hydrogen) atoms. The fourth-order valence-electron chi connectivity index (χ4n) is 10.5. The zero-order valence-electron chi connectivity index (χ0n) is 56.0. The Morgan fingerprint density at radius 2 is 0.602 bits per heavy atom. The number of hydrogen-bond donors (Lipinski definition) is 0. The van der Waals surface area contributed by atoms with Gasteiger partial charge in [0.05, 0.1) is 0 Å². The van der Waals surface area contributed by atoms with Crippen molar-refractivity contribution in [3.05, 3.63) is 0 Å². The van der Waals surface area contributed by atoms with Gasteiger partial charge in [-0.15, -0.1) is 0 Å². The van der Waals surface area contributed by atoms with Crippen molar-refractivity contribution in [2.45, 2.75) is 214 Å². The largest absolute Gasteiger partial charge is 0.343 e. The number of rotatable bonds is 14. The van der Waals surface area contributed by atoms with Crippen LogP contribution in [0.5, 0.6) is 0 Å². The smallest absolute Gasteiger partial charge is 0.225 e. The summed E-state index contributed by atoms with van der Waals surface area (Å²) in [6, 6.07) is 1.26. The molecule has 0 bridgehead atoms. The molecule has 16 nitrogen and oxygen atoms in total. The first kappa shape index (κ1) is 81.7. The summed E-state index contributed by atoms with van der Waals surface area (Å²) in [5.41, 5.74) is 0. The van der Waals surface area contributed by atoms with Gasteiger partial charge < -0.3 is 44.1 Å². The SMILES string of the molecule is C.C.CC(C)C(C)C(=O)N1CCN(C)CC1.CC(C)CC(=O)N1CCC(N(C)C)CC1.CC(C)CC(=O)N1CCCCC1.CC(C)CC(=O)N1CCCCC1.CC(C)CC(=O)N1CCN(C(C)C)CC1.CC(C)CC(=O)N1CCN(C)CC1. The highest BCUT2D eigenvalue weighted by Crippen LogP contribution is 2.18. The molecular weight excluding hydrogens is 1040 g/mol. The zero-order chi connectivity index (χ0) is 61.4. The van der Waals surface area contributed by atoms with Crippen LogP contribution in [0, 0.1) is 41.4 Å². The molecule has 0 aromatic carbocycles. The predicted octanol–water partition coefficient (Wildman–Crippen LogP) is 10.4. The summed E-state index contributed by atoms with van der Waals surface area (Å²) in [5.74, 6) is 5.05. The van der Waals surface area contributed by atoms with Crippen molar-refractivity contribution in [2.24, 2.45) is 41.4 Å². The Kier molecular flexibility index (Phi) is 44.3. The highest BCUT2D eigenvalue weighted by molar-refractivity contribution is 5.79. The molecule has 6 fully saturated rings. The molecule has 1 atom stereocenters. The number of nitrogens with zero attached hydrogens (tertiary/aromatic N) is 10. The van der Waals surface area contributed by atoms with E-state index in [4.69, 9.17) is 0 Å². The van der Waals surface area contributed by atoms with Gasteiger partial charge in [-0.05, 0) is 129 Å². The lowest BCUT2D eigenvalue weighted by Gasteiger charge is -2.37. The molecule has 6 amide bonds. The summed E-state index contributed by atoms with van der Waals surface area (Å²) in [4.78, 5) is 91.5. The van der Waals surface area contributed by atoms with Crippen LogP contribution >= 0.6 is 0 Å². The molecule has 6 heterocycles. The van der Waals surface area contributed by atoms with Gasteiger partial charge in [-0.2, -0.15) is 0 Å². The Hall–Kier alpha value is -3.34. The van der Waals surface area contributed by atoms with Crippen molar-refractivity contribution in [1.29, 1.82) is 0 Å². The van der Waals surface area contributed by atoms with Crippen molar-refractivity contribution in [1.82, 2.24) is 49.0 Å². The number of likely N-dealkylation sites (N-methyl/N-ethyl adjacent to an activating group) is 2. The Morgan fingerprint density at radius 1 is 0.349 bits per heavy atom. The Labute approximate surface area is 512 Å². The Balaban J connectivity index is 0. The van der Waals surface area contributed by atoms with E-state index in [1.54, 1.807) is 0 Å². The van der Waals surface area contributed by atoms with Crippen LogP contribution in [0.1, 0.15) is 202 Å². The average molecular weight is 1180 g/mol. The van der Waals surface area contributed by atoms with E-state index in [0.29, 0.717) is 102 Å². The van der Waals surface area contributed by atoms with Gasteiger partial charge in [0.25, 0.3) is 0 Å². The third kappa shape index (κ3) is 36.4. The van der Waals surface area contributed by atoms with Gasteiger partial charge >= 0.3 is 0 Å². The number of amides is 6. The topological polar surface area (TPSA) is 135 Å². The second-order valence-corrected chi connectivity index (χ2v) is 27.3. The first-order chi connectivity index (χ1) is 38.0. The van der Waals surface area contributed by atoms with Gasteiger partial charge in [-0.1, -0.05) is 105 Å². The van der Waals surface area contributed by atoms with Gasteiger partial charge in [0.15, 0.2) is 0 Å². The summed E-state index contributed by atoms with van der Waals surface area (Å²) >= 11 is 0. The monoisotopic (exact) mass is 1180 g/mol. The maximum absolute atomic E-state index is 12.0. The molecule has 0 aromatic heterocycles. The molecule has 0 aliphatic carbocycles. The second-order valence-electron chi connectivity index (χ2n) is 27.3. The molecular formula is C67H136N10O6. The quantitative estimate of drug-likeness (QED) is 0.165. The number of hydrogen-bond acceptors (Lipinski definition) is 10. The van der Waals surface area contributed by atoms with Crippen LogP contribution in [0.15, 0.2) is 0 Å². The van der Waals surface area contributed by atoms with E-state index in [1.807, 2.05) is 36.3 Å². The summed E-state index contributed by atoms with van der Waals surface area (Å²) in [5, 5.41) is 0. The predicted molar refractivity (Wildman–Crippen MR) is 350 cm³/mol. The Morgan fingerprint density at radius 3 is 0.855 bits per heavy atom. The molecule has 6 saturated heterocycles. The normalized spacial score (nSPS) is 18.8. The van der Waals surface area contributed by atoms with E-state index >= 15 is 0 Å². The van der Waals surface area contributed by atoms with E-state index in [9.17, 15) is 28.8 Å². The van der Waals surface area contributed by atoms with Gasteiger partial charge in [-0.25, -0.2) is 0 Å². The zero-order valence-corrected chi connectivity index (χ0v) is 56.0. The fourth-order valence-corrected chi connectivity index (χ4v) is 10.5. The summed E-state index contributed by atoms with van der Waals surface area (Å²) in [6.07, 6.45) is 13.2. The van der Waals surface area contributed by atoms with E-state index in [0.717, 1.165) is 143 Å². The highest BCUT2D eigenvalue weighted by atomic mass is 16.2. The molecule has 16 heteroatoms. The minimum atomic E-state index is 0. The number of likely N-dealkylation sites (tertiary alicyclic amines) is 3. The molecule has 0 radical (unpaired) electrons. The molecule has 1 unspecified atom stereocenters. The van der Waals surface area contributed by atoms with Crippen molar-refractivity contribution >= 4 is 35.4 Å². The third-order valence-corrected chi connectivity index (χ3v) is 16.3. The highest BCUT2D eigenvalue weighted by Gasteiger charge is 2.27. The maximum Gasteiger partial charge on any atom is 0.225 e. The van der Waals surface area contributed by atoms with E-state index < -0.39 is 0 Å². The van der Waals surface area contributed by atoms with Gasteiger partial charge in [-0.3, -0.25) is 33.7 Å². The van der Waals surface area contributed by atoms with Crippen LogP contribution in [-0.2, 0) is 28.8 Å². The standard InChI is InChI=1S/2C12H24N2O.C11H22N2O.C10H20N2O.2C10H19NO.2CH4/c1-10(2)9-12(15)14-7-5-11(6-8-14)13(3)4;1-10(2)9-12(15)14-7-5-13(6-8-14)11(3)4;1-9(2)10(3)11(14)13-7-5-12(4)6-8-13;1-9(2)8-10(13)12-6-4-11(3)5-7-12;2*1-9(2)8-10(12)11-6-4-3-5-7-11;;/h2*10-11H,5-9H2,1-4H3;9-10H,5-8H2,1-4H3;9H,4-8H2,1-3H3;2*9H,3-8H2,1-2H3;2*1H4. The molecule has 6 aliphatic heterocycles. The minimum absolute atomic E-state index is 0. The molecule has 0 N–H and O–H groups in total. The number of carbonyl (C=O) groups excluding carboxylic acids is 6. The van der Waals surface area contributed by atoms with Crippen LogP contribution in [0.25, 0.3) is 0 Å². The third-order valence-electron chi connectivity index (χ3n) is 16.3. The lowest BCUT2D eigenvalue weighted by atomic mass is 9.96. The fraction of sp³-hybridized carbons (Fsp3) is 0.910. The summed E-state index contributed by atoms with van der Waals surface area (Å²) in [6.45, 7) is 49.0. The molecule has 0 spiro atoms. The number of piperazine rings is 3. The molecule has 6 aliphatic rings. The van der Waals surface area contributed by atoms with Crippen LogP contribution in [0.4, 0.5) is 0 Å². The average Bonchev–Trinajstić information content (AvgIpc) is 3.44. The maximum atomic E-state index is 12.0. The summed E-state index contributed by atoms with van der Waals surface area (Å²) in [7, 11) is 8.45. The van der Waals surface area contributed by atoms with Gasteiger partial charge in [0.1, 0.15) is 0 Å². The van der Waals surface area contributed by atoms with Crippen molar-refractivity contribution in [3.63, 3.8) is 0 Å². The van der Waals surface area contributed by atoms with Crippen LogP contribution < -0.4 is 0 Å². The first-order valence-corrected chi connectivity index (χ1v) is 32.5. The van der Waals surface area contributed by atoms with Crippen LogP contribution in [-0.4, -0.2) is 243 Å². The van der Waals surface area contributed by atoms with Gasteiger partial charge in [0.2, 0.25) is 35.4 Å². The second kappa shape index (κ2) is 45.0. The lowest BCUT2D eigenvalue weighted by molar-refractivity contribution is -0.138. The summed E-state index contributed by atoms with van der Waals surface area (Å²) < 4.78 is 0. The van der Waals surface area contributed by atoms with Crippen molar-refractivity contribution in [3.8, 4) is 0 Å². The molecule has 6 rings (SSSR count).